The molecule has 66 heavy (non-hydrogen) atoms. The first-order valence-electron chi connectivity index (χ1n) is 20.7. The molecule has 3 fully saturated rings. The third-order valence-electron chi connectivity index (χ3n) is 13.1. The maximum atomic E-state index is 15.5. The van der Waals surface area contributed by atoms with Crippen LogP contribution >= 0.6 is 23.2 Å². The zero-order chi connectivity index (χ0) is 46.8. The van der Waals surface area contributed by atoms with Gasteiger partial charge in [0.25, 0.3) is 11.8 Å². The third-order valence-corrected chi connectivity index (χ3v) is 13.7. The number of aromatic hydroxyl groups is 1. The number of carbonyl (C=O) groups is 4. The quantitative estimate of drug-likeness (QED) is 0.0789. The zero-order valence-corrected chi connectivity index (χ0v) is 36.8. The third kappa shape index (κ3) is 7.21. The van der Waals surface area contributed by atoms with Crippen LogP contribution in [-0.4, -0.2) is 60.1 Å². The number of ether oxygens (including phenoxy) is 3. The summed E-state index contributed by atoms with van der Waals surface area (Å²) in [5.74, 6) is -6.63. The summed E-state index contributed by atoms with van der Waals surface area (Å²) in [7, 11) is 4.56. The smallest absolute Gasteiger partial charge is 0.417 e. The van der Waals surface area contributed by atoms with E-state index in [4.69, 9.17) is 37.4 Å². The second-order valence-electron chi connectivity index (χ2n) is 16.4. The van der Waals surface area contributed by atoms with Gasteiger partial charge in [-0.05, 0) is 84.5 Å². The van der Waals surface area contributed by atoms with E-state index in [1.807, 2.05) is 24.3 Å². The van der Waals surface area contributed by atoms with Crippen LogP contribution in [0.1, 0.15) is 46.6 Å². The highest BCUT2D eigenvalue weighted by molar-refractivity contribution is 6.33. The van der Waals surface area contributed by atoms with Gasteiger partial charge < -0.3 is 19.3 Å². The standard InChI is InChI=1S/C49H39Cl2F3N4O8/c1-64-31-15-19-40(66-3)26(20-31)7-4-25-5-12-30(13-6-25)57-44(60)35-18-17-33-36(41(35)46(57)62)23-37-45(61)58(56-43-38(51)21-28(24-55-43)49(52,53)54)47(63)48(37,27-8-10-29(50)11-9-27)42(33)34-16-14-32(65-2)22-39(34)59/h4-17,19-22,24,35-37,41-42,59H,18,23H2,1-3H3,(H,55,56). The number of benzene rings is 4. The van der Waals surface area contributed by atoms with E-state index in [2.05, 4.69) is 10.4 Å². The van der Waals surface area contributed by atoms with Crippen molar-refractivity contribution in [2.24, 2.45) is 23.7 Å². The molecule has 2 saturated heterocycles. The monoisotopic (exact) mass is 938 g/mol. The summed E-state index contributed by atoms with van der Waals surface area (Å²) < 4.78 is 57.0. The molecule has 6 atom stereocenters. The Morgan fingerprint density at radius 3 is 2.17 bits per heavy atom. The Morgan fingerprint density at radius 1 is 0.818 bits per heavy atom. The van der Waals surface area contributed by atoms with Crippen LogP contribution in [-0.2, 0) is 30.8 Å². The summed E-state index contributed by atoms with van der Waals surface area (Å²) in [6.45, 7) is 0. The number of phenols is 1. The molecule has 2 aliphatic carbocycles. The minimum atomic E-state index is -4.78. The second kappa shape index (κ2) is 16.9. The maximum Gasteiger partial charge on any atom is 0.417 e. The number of carbonyl (C=O) groups excluding carboxylic acids is 4. The fraction of sp³-hybridized carbons (Fsp3) is 0.245. The molecule has 0 radical (unpaired) electrons. The van der Waals surface area contributed by atoms with E-state index in [0.717, 1.165) is 11.1 Å². The molecule has 5 aromatic rings. The number of halogens is 5. The normalized spacial score (nSPS) is 23.7. The SMILES string of the molecule is COc1ccc(C2C3=CCC4C(=O)N(c5ccc(C=Cc6cc(OC)ccc6OC)cc5)C(=O)C4C3CC3C(=O)N(Nc4ncc(C(F)(F)F)cc4Cl)C(=O)C32c2ccc(Cl)cc2)c(O)c1. The molecule has 4 amide bonds. The first-order chi connectivity index (χ1) is 31.6. The van der Waals surface area contributed by atoms with Crippen molar-refractivity contribution in [3.05, 3.63) is 147 Å². The van der Waals surface area contributed by atoms with Crippen LogP contribution < -0.4 is 24.5 Å². The Balaban J connectivity index is 1.12. The van der Waals surface area contributed by atoms with Crippen LogP contribution in [0.3, 0.4) is 0 Å². The van der Waals surface area contributed by atoms with Gasteiger partial charge in [0.1, 0.15) is 23.0 Å². The van der Waals surface area contributed by atoms with Crippen molar-refractivity contribution in [2.45, 2.75) is 30.4 Å². The van der Waals surface area contributed by atoms with Gasteiger partial charge in [-0.3, -0.25) is 29.5 Å². The van der Waals surface area contributed by atoms with Gasteiger partial charge in [0, 0.05) is 34.3 Å². The van der Waals surface area contributed by atoms with Crippen molar-refractivity contribution in [3.63, 3.8) is 0 Å². The van der Waals surface area contributed by atoms with Gasteiger partial charge in [-0.1, -0.05) is 77.3 Å². The van der Waals surface area contributed by atoms with Crippen LogP contribution in [0.5, 0.6) is 23.0 Å². The van der Waals surface area contributed by atoms with Gasteiger partial charge in [0.15, 0.2) is 5.82 Å². The summed E-state index contributed by atoms with van der Waals surface area (Å²) >= 11 is 12.7. The number of nitrogens with one attached hydrogen (secondary N) is 1. The molecule has 1 saturated carbocycles. The van der Waals surface area contributed by atoms with E-state index < -0.39 is 81.2 Å². The van der Waals surface area contributed by atoms with E-state index in [-0.39, 0.29) is 24.2 Å². The summed E-state index contributed by atoms with van der Waals surface area (Å²) in [6, 6.07) is 23.8. The van der Waals surface area contributed by atoms with Crippen LogP contribution in [0.25, 0.3) is 12.2 Å². The number of anilines is 2. The predicted molar refractivity (Wildman–Crippen MR) is 239 cm³/mol. The van der Waals surface area contributed by atoms with Crippen molar-refractivity contribution < 1.29 is 51.7 Å². The summed E-state index contributed by atoms with van der Waals surface area (Å²) in [5, 5.41) is 12.3. The Kier molecular flexibility index (Phi) is 11.3. The number of amides is 4. The Labute approximate surface area is 386 Å². The topological polar surface area (TPSA) is 148 Å². The van der Waals surface area contributed by atoms with Crippen molar-refractivity contribution in [1.82, 2.24) is 9.99 Å². The highest BCUT2D eigenvalue weighted by Gasteiger charge is 2.70. The number of fused-ring (bicyclic) bond motifs is 4. The van der Waals surface area contributed by atoms with Gasteiger partial charge in [0.2, 0.25) is 11.8 Å². The predicted octanol–water partition coefficient (Wildman–Crippen LogP) is 9.50. The molecule has 0 bridgehead atoms. The number of hydrazine groups is 1. The van der Waals surface area contributed by atoms with E-state index >= 15 is 9.59 Å². The average Bonchev–Trinajstić information content (AvgIpc) is 3.69. The average molecular weight is 940 g/mol. The minimum Gasteiger partial charge on any atom is -0.508 e. The maximum absolute atomic E-state index is 15.5. The highest BCUT2D eigenvalue weighted by atomic mass is 35.5. The van der Waals surface area contributed by atoms with E-state index in [1.54, 1.807) is 87.0 Å². The van der Waals surface area contributed by atoms with Crippen LogP contribution in [0.15, 0.2) is 109 Å². The first-order valence-corrected chi connectivity index (χ1v) is 21.4. The van der Waals surface area contributed by atoms with Gasteiger partial charge in [0.05, 0.1) is 60.8 Å². The fourth-order valence-electron chi connectivity index (χ4n) is 10.2. The van der Waals surface area contributed by atoms with E-state index in [1.165, 1.54) is 18.1 Å². The van der Waals surface area contributed by atoms with Crippen LogP contribution in [0.2, 0.25) is 10.0 Å². The molecule has 338 valence electrons. The molecular formula is C49H39Cl2F3N4O8. The number of alkyl halides is 3. The molecule has 6 unspecified atom stereocenters. The second-order valence-corrected chi connectivity index (χ2v) is 17.2. The lowest BCUT2D eigenvalue weighted by atomic mass is 9.49. The number of hydrogen-bond donors (Lipinski definition) is 2. The number of nitrogens with zero attached hydrogens (tertiary/aromatic N) is 3. The first kappa shape index (κ1) is 44.4. The van der Waals surface area contributed by atoms with Crippen molar-refractivity contribution in [3.8, 4) is 23.0 Å². The van der Waals surface area contributed by atoms with Gasteiger partial charge in [-0.25, -0.2) is 4.98 Å². The number of allylic oxidation sites excluding steroid dienone is 2. The number of methoxy groups -OCH3 is 3. The van der Waals surface area contributed by atoms with Crippen LogP contribution in [0.4, 0.5) is 24.7 Å². The van der Waals surface area contributed by atoms with E-state index in [9.17, 15) is 27.9 Å². The lowest BCUT2D eigenvalue weighted by Crippen LogP contribution is -2.53. The molecule has 0 spiro atoms. The molecule has 9 rings (SSSR count). The molecule has 2 N–H and O–H groups in total. The number of imide groups is 2. The lowest BCUT2D eigenvalue weighted by molar-refractivity contribution is -0.139. The molecule has 3 heterocycles. The molecular weight excluding hydrogens is 900 g/mol. The van der Waals surface area contributed by atoms with Gasteiger partial charge in [-0.15, -0.1) is 0 Å². The fourth-order valence-corrected chi connectivity index (χ4v) is 10.5. The molecule has 4 aromatic carbocycles. The van der Waals surface area contributed by atoms with Crippen LogP contribution in [0, 0.1) is 23.7 Å². The Morgan fingerprint density at radius 2 is 1.52 bits per heavy atom. The molecule has 17 heteroatoms. The molecule has 2 aliphatic heterocycles. The molecule has 12 nitrogen and oxygen atoms in total. The minimum absolute atomic E-state index is 0.102. The number of rotatable bonds is 10. The molecule has 1 aromatic heterocycles. The Bertz CT molecular complexity index is 2870. The lowest BCUT2D eigenvalue weighted by Gasteiger charge is -2.50. The summed E-state index contributed by atoms with van der Waals surface area (Å²) in [6.07, 6.45) is 1.28. The molecule has 4 aliphatic rings. The number of pyridine rings is 1. The number of aromatic nitrogens is 1. The largest absolute Gasteiger partial charge is 0.508 e. The summed E-state index contributed by atoms with van der Waals surface area (Å²) in [5.41, 5.74) is 2.61. The van der Waals surface area contributed by atoms with E-state index in [0.29, 0.717) is 56.4 Å². The van der Waals surface area contributed by atoms with Gasteiger partial charge >= 0.3 is 6.18 Å². The van der Waals surface area contributed by atoms with Crippen molar-refractivity contribution >= 4 is 70.5 Å². The van der Waals surface area contributed by atoms with Crippen molar-refractivity contribution in [2.75, 3.05) is 31.7 Å². The zero-order valence-electron chi connectivity index (χ0n) is 35.3. The highest BCUT2D eigenvalue weighted by Crippen LogP contribution is 2.65. The summed E-state index contributed by atoms with van der Waals surface area (Å²) in [4.78, 5) is 64.8. The number of hydrogen-bond acceptors (Lipinski definition) is 10. The van der Waals surface area contributed by atoms with Gasteiger partial charge in [-0.2, -0.15) is 18.2 Å². The number of phenolic OH excluding ortho intramolecular Hbond substituents is 1. The Hall–Kier alpha value is -6.84. The van der Waals surface area contributed by atoms with Crippen molar-refractivity contribution in [1.29, 1.82) is 0 Å².